The zero-order valence-electron chi connectivity index (χ0n) is 21.5. The van der Waals surface area contributed by atoms with Gasteiger partial charge in [0.1, 0.15) is 16.3 Å². The fourth-order valence-electron chi connectivity index (χ4n) is 2.66. The van der Waals surface area contributed by atoms with Crippen molar-refractivity contribution >= 4 is 29.5 Å². The van der Waals surface area contributed by atoms with Crippen LogP contribution >= 0.6 is 11.8 Å². The van der Waals surface area contributed by atoms with Crippen LogP contribution in [-0.4, -0.2) is 40.9 Å². The SMILES string of the molecule is C#C.CC.CCN=c1cc(Sc2cccc(CC(=O)NCC)c2)nc(/N=C(\C)NNCC)n1C. The van der Waals surface area contributed by atoms with E-state index in [4.69, 9.17) is 4.98 Å². The third-order valence-corrected chi connectivity index (χ3v) is 4.91. The Morgan fingerprint density at radius 3 is 2.47 bits per heavy atom. The fourth-order valence-corrected chi connectivity index (χ4v) is 3.55. The van der Waals surface area contributed by atoms with E-state index in [-0.39, 0.29) is 5.91 Å². The van der Waals surface area contributed by atoms with E-state index in [0.29, 0.717) is 31.3 Å². The lowest BCUT2D eigenvalue weighted by atomic mass is 10.1. The van der Waals surface area contributed by atoms with Gasteiger partial charge in [0.05, 0.1) is 6.42 Å². The Labute approximate surface area is 208 Å². The van der Waals surface area contributed by atoms with E-state index in [0.717, 1.165) is 27.5 Å². The maximum Gasteiger partial charge on any atom is 0.233 e. The maximum absolute atomic E-state index is 11.9. The first-order valence-corrected chi connectivity index (χ1v) is 12.3. The molecule has 0 aliphatic carbocycles. The number of rotatable bonds is 9. The Morgan fingerprint density at radius 2 is 1.85 bits per heavy atom. The minimum Gasteiger partial charge on any atom is -0.356 e. The highest BCUT2D eigenvalue weighted by molar-refractivity contribution is 7.99. The van der Waals surface area contributed by atoms with Crippen LogP contribution in [0, 0.1) is 12.8 Å². The van der Waals surface area contributed by atoms with Gasteiger partial charge in [-0.05, 0) is 38.5 Å². The summed E-state index contributed by atoms with van der Waals surface area (Å²) in [5.74, 6) is 1.30. The van der Waals surface area contributed by atoms with Crippen LogP contribution < -0.4 is 21.7 Å². The molecule has 0 aliphatic rings. The third kappa shape index (κ3) is 11.2. The molecule has 0 saturated carbocycles. The fraction of sp³-hybridized carbons (Fsp3) is 0.440. The van der Waals surface area contributed by atoms with Gasteiger partial charge in [-0.3, -0.25) is 14.4 Å². The van der Waals surface area contributed by atoms with Crippen LogP contribution in [-0.2, 0) is 18.3 Å². The van der Waals surface area contributed by atoms with Crippen molar-refractivity contribution < 1.29 is 4.79 Å². The second kappa shape index (κ2) is 18.3. The highest BCUT2D eigenvalue weighted by Gasteiger charge is 2.08. The van der Waals surface area contributed by atoms with Crippen molar-refractivity contribution in [3.05, 3.63) is 41.4 Å². The minimum atomic E-state index is 0.0221. The number of hydrogen-bond donors (Lipinski definition) is 3. The molecule has 1 aromatic carbocycles. The van der Waals surface area contributed by atoms with Crippen molar-refractivity contribution in [2.75, 3.05) is 19.6 Å². The molecule has 0 fully saturated rings. The van der Waals surface area contributed by atoms with Crippen LogP contribution in [0.3, 0.4) is 0 Å². The quantitative estimate of drug-likeness (QED) is 0.166. The number of terminal acetylenes is 1. The summed E-state index contributed by atoms with van der Waals surface area (Å²) in [5, 5.41) is 3.63. The summed E-state index contributed by atoms with van der Waals surface area (Å²) >= 11 is 1.53. The number of likely N-dealkylation sites (N-methyl/N-ethyl adjacent to an activating group) is 1. The number of aromatic nitrogens is 2. The molecule has 0 atom stereocenters. The number of amides is 1. The Hall–Kier alpha value is -3.09. The van der Waals surface area contributed by atoms with Gasteiger partial charge in [-0.15, -0.1) is 12.8 Å². The van der Waals surface area contributed by atoms with Crippen molar-refractivity contribution in [1.29, 1.82) is 0 Å². The number of hydrazine groups is 1. The Balaban J connectivity index is 0.00000258. The highest BCUT2D eigenvalue weighted by Crippen LogP contribution is 2.27. The molecule has 0 unspecified atom stereocenters. The van der Waals surface area contributed by atoms with E-state index in [2.05, 4.69) is 39.0 Å². The molecular formula is C25H39N7OS. The number of carbonyl (C=O) groups excluding carboxylic acids is 1. The normalized spacial score (nSPS) is 11.0. The van der Waals surface area contributed by atoms with Gasteiger partial charge in [-0.2, -0.15) is 4.99 Å². The first kappa shape index (κ1) is 30.9. The van der Waals surface area contributed by atoms with E-state index in [1.165, 1.54) is 11.8 Å². The van der Waals surface area contributed by atoms with Crippen molar-refractivity contribution in [1.82, 2.24) is 25.7 Å². The largest absolute Gasteiger partial charge is 0.356 e. The first-order chi connectivity index (χ1) is 16.5. The molecule has 1 aromatic heterocycles. The van der Waals surface area contributed by atoms with E-state index in [1.54, 1.807) is 0 Å². The molecule has 0 bridgehead atoms. The lowest BCUT2D eigenvalue weighted by Crippen LogP contribution is -2.35. The van der Waals surface area contributed by atoms with Gasteiger partial charge in [-0.1, -0.05) is 44.7 Å². The molecule has 0 saturated heterocycles. The zero-order chi connectivity index (χ0) is 25.9. The van der Waals surface area contributed by atoms with Crippen LogP contribution in [0.25, 0.3) is 0 Å². The van der Waals surface area contributed by atoms with E-state index >= 15 is 0 Å². The molecule has 0 aliphatic heterocycles. The van der Waals surface area contributed by atoms with Gasteiger partial charge < -0.3 is 10.7 Å². The summed E-state index contributed by atoms with van der Waals surface area (Å²) in [7, 11) is 1.91. The summed E-state index contributed by atoms with van der Waals surface area (Å²) in [4.78, 5) is 26.8. The summed E-state index contributed by atoms with van der Waals surface area (Å²) in [6.07, 6.45) is 8.36. The van der Waals surface area contributed by atoms with Crippen molar-refractivity contribution in [2.24, 2.45) is 17.0 Å². The topological polar surface area (TPSA) is 95.7 Å². The molecule has 186 valence electrons. The standard InChI is InChI=1S/C21H31N7OS.C2H6.C2H2/c1-6-22-18-14-20(26-21(28(18)5)25-15(4)27-24-8-3)30-17-11-9-10-16(12-17)13-19(29)23-7-2;2*1-2/h9-12,14,24H,6-8,13H2,1-5H3,(H,23,29)(H,25,26,27);1-2H3;1-2H. The van der Waals surface area contributed by atoms with Gasteiger partial charge in [0.2, 0.25) is 11.9 Å². The lowest BCUT2D eigenvalue weighted by molar-refractivity contribution is -0.120. The molecule has 2 aromatic rings. The molecule has 0 spiro atoms. The summed E-state index contributed by atoms with van der Waals surface area (Å²) in [5.41, 5.74) is 7.85. The Bertz CT molecular complexity index is 996. The number of amidine groups is 1. The number of hydrogen-bond acceptors (Lipinski definition) is 6. The second-order valence-electron chi connectivity index (χ2n) is 6.52. The second-order valence-corrected chi connectivity index (χ2v) is 7.61. The Morgan fingerprint density at radius 1 is 1.15 bits per heavy atom. The van der Waals surface area contributed by atoms with Gasteiger partial charge >= 0.3 is 0 Å². The molecule has 9 heteroatoms. The molecule has 1 amide bonds. The van der Waals surface area contributed by atoms with Crippen molar-refractivity contribution in [3.63, 3.8) is 0 Å². The van der Waals surface area contributed by atoms with E-state index < -0.39 is 0 Å². The number of benzene rings is 1. The highest BCUT2D eigenvalue weighted by atomic mass is 32.2. The minimum absolute atomic E-state index is 0.0221. The number of nitrogens with zero attached hydrogens (tertiary/aromatic N) is 4. The lowest BCUT2D eigenvalue weighted by Gasteiger charge is -2.10. The molecule has 0 radical (unpaired) electrons. The van der Waals surface area contributed by atoms with Gasteiger partial charge in [-0.25, -0.2) is 10.4 Å². The summed E-state index contributed by atoms with van der Waals surface area (Å²) < 4.78 is 1.87. The summed E-state index contributed by atoms with van der Waals surface area (Å²) in [6, 6.07) is 9.91. The molecule has 34 heavy (non-hydrogen) atoms. The van der Waals surface area contributed by atoms with Crippen molar-refractivity contribution in [3.8, 4) is 12.8 Å². The monoisotopic (exact) mass is 485 g/mol. The van der Waals surface area contributed by atoms with Gasteiger partial charge in [0.25, 0.3) is 0 Å². The third-order valence-electron chi connectivity index (χ3n) is 4.00. The molecule has 3 N–H and O–H groups in total. The Kier molecular flexibility index (Phi) is 16.7. The van der Waals surface area contributed by atoms with Gasteiger partial charge in [0.15, 0.2) is 0 Å². The predicted octanol–water partition coefficient (Wildman–Crippen LogP) is 3.61. The summed E-state index contributed by atoms with van der Waals surface area (Å²) in [6.45, 7) is 13.9. The van der Waals surface area contributed by atoms with E-state index in [1.807, 2.05) is 83.5 Å². The molecular weight excluding hydrogens is 446 g/mol. The molecule has 2 rings (SSSR count). The average Bonchev–Trinajstić information content (AvgIpc) is 2.83. The first-order valence-electron chi connectivity index (χ1n) is 11.5. The molecule has 1 heterocycles. The average molecular weight is 486 g/mol. The maximum atomic E-state index is 11.9. The van der Waals surface area contributed by atoms with Crippen LogP contribution in [0.1, 0.15) is 47.1 Å². The smallest absolute Gasteiger partial charge is 0.233 e. The van der Waals surface area contributed by atoms with Crippen LogP contribution in [0.4, 0.5) is 5.95 Å². The van der Waals surface area contributed by atoms with Crippen molar-refractivity contribution in [2.45, 2.75) is 57.9 Å². The zero-order valence-corrected chi connectivity index (χ0v) is 22.3. The number of carbonyl (C=O) groups is 1. The predicted molar refractivity (Wildman–Crippen MR) is 143 cm³/mol. The molecule has 8 nitrogen and oxygen atoms in total. The number of nitrogens with one attached hydrogen (secondary N) is 3. The number of aliphatic imine (C=N–C) groups is 1. The van der Waals surface area contributed by atoms with Crippen LogP contribution in [0.15, 0.2) is 50.2 Å². The van der Waals surface area contributed by atoms with E-state index in [9.17, 15) is 4.79 Å². The van der Waals surface area contributed by atoms with Gasteiger partial charge in [0, 0.05) is 37.6 Å². The van der Waals surface area contributed by atoms with Crippen LogP contribution in [0.5, 0.6) is 0 Å². The van der Waals surface area contributed by atoms with Crippen LogP contribution in [0.2, 0.25) is 0 Å².